The highest BCUT2D eigenvalue weighted by atomic mass is 16.5. The maximum atomic E-state index is 10.0. The molecule has 0 atom stereocenters. The highest BCUT2D eigenvalue weighted by molar-refractivity contribution is 4.45. The van der Waals surface area contributed by atoms with Gasteiger partial charge in [-0.15, -0.1) is 0 Å². The van der Waals surface area contributed by atoms with Gasteiger partial charge in [-0.3, -0.25) is 0 Å². The van der Waals surface area contributed by atoms with Gasteiger partial charge in [0.1, 0.15) is 0 Å². The Morgan fingerprint density at radius 3 is 2.86 bits per heavy atom. The van der Waals surface area contributed by atoms with Crippen LogP contribution in [-0.4, -0.2) is 15.0 Å². The third-order valence-electron chi connectivity index (χ3n) is 0.574. The molecule has 5 nitrogen and oxygen atoms in total. The van der Waals surface area contributed by atoms with Gasteiger partial charge in [-0.25, -0.2) is 4.79 Å². The van der Waals surface area contributed by atoms with Crippen LogP contribution in [0.15, 0.2) is 11.1 Å². The van der Waals surface area contributed by atoms with Crippen molar-refractivity contribution in [3.05, 3.63) is 16.8 Å². The van der Waals surface area contributed by atoms with Gasteiger partial charge in [-0.2, -0.15) is 10.2 Å². The lowest BCUT2D eigenvalue weighted by atomic mass is 11.2. The van der Waals surface area contributed by atoms with Crippen molar-refractivity contribution in [3.8, 4) is 0 Å². The lowest BCUT2D eigenvalue weighted by molar-refractivity contribution is -0.454. The number of rotatable bonds is 0. The number of aromatic amines is 2. The van der Waals surface area contributed by atoms with Crippen molar-refractivity contribution in [1.29, 1.82) is 0 Å². The molecule has 38 valence electrons. The van der Waals surface area contributed by atoms with Crippen molar-refractivity contribution in [2.75, 3.05) is 0 Å². The molecule has 0 bridgehead atoms. The fourth-order valence-corrected chi connectivity index (χ4v) is 0.271. The van der Waals surface area contributed by atoms with Crippen LogP contribution in [0.2, 0.25) is 0 Å². The Kier molecular flexibility index (Phi) is 0.619. The molecule has 0 aromatic carbocycles. The largest absolute Gasteiger partial charge is 0.482 e. The Morgan fingerprint density at radius 1 is 2.00 bits per heavy atom. The molecule has 1 rings (SSSR count). The van der Waals surface area contributed by atoms with E-state index in [1.165, 1.54) is 0 Å². The van der Waals surface area contributed by atoms with Gasteiger partial charge in [0.2, 0.25) is 0 Å². The van der Waals surface area contributed by atoms with Gasteiger partial charge in [-0.1, -0.05) is 0 Å². The van der Waals surface area contributed by atoms with Gasteiger partial charge in [-0.05, 0) is 0 Å². The number of H-pyrrole nitrogens is 2. The van der Waals surface area contributed by atoms with E-state index >= 15 is 0 Å². The average molecular weight is 102 g/mol. The summed E-state index contributed by atoms with van der Waals surface area (Å²) >= 11 is 0. The molecule has 1 heterocycles. The van der Waals surface area contributed by atoms with E-state index in [0.717, 1.165) is 6.33 Å². The monoisotopic (exact) mass is 102 g/mol. The standard InChI is InChI=1S/C2H3N3O2/c6-2-4-3-1-5(2)7/h1,7H,(H,4,6)/p+1. The molecule has 1 aromatic rings. The van der Waals surface area contributed by atoms with Gasteiger partial charge in [0.15, 0.2) is 0 Å². The summed E-state index contributed by atoms with van der Waals surface area (Å²) in [5.41, 5.74) is -0.569. The molecule has 5 heteroatoms. The van der Waals surface area contributed by atoms with Crippen molar-refractivity contribution >= 4 is 0 Å². The Morgan fingerprint density at radius 2 is 2.71 bits per heavy atom. The number of aromatic nitrogens is 3. The number of nitrogens with zero attached hydrogens (tertiary/aromatic N) is 1. The van der Waals surface area contributed by atoms with Crippen LogP contribution < -0.4 is 10.8 Å². The van der Waals surface area contributed by atoms with E-state index in [0.29, 0.717) is 4.73 Å². The van der Waals surface area contributed by atoms with Crippen molar-refractivity contribution in [2.24, 2.45) is 0 Å². The zero-order valence-electron chi connectivity index (χ0n) is 3.38. The third kappa shape index (κ3) is 0.466. The molecular weight excluding hydrogens is 98.0 g/mol. The van der Waals surface area contributed by atoms with E-state index in [9.17, 15) is 4.79 Å². The molecule has 7 heavy (non-hydrogen) atoms. The quantitative estimate of drug-likeness (QED) is 0.380. The smallest absolute Gasteiger partial charge is 0.346 e. The molecule has 0 aliphatic rings. The Labute approximate surface area is 38.2 Å². The molecule has 0 saturated heterocycles. The fourth-order valence-electron chi connectivity index (χ4n) is 0.271. The number of hydrogen-bond donors (Lipinski definition) is 2. The molecule has 0 amide bonds. The summed E-state index contributed by atoms with van der Waals surface area (Å²) in [5.74, 6) is 0. The van der Waals surface area contributed by atoms with Crippen molar-refractivity contribution < 1.29 is 10.3 Å². The maximum Gasteiger partial charge on any atom is 0.482 e. The minimum absolute atomic E-state index is 0.417. The van der Waals surface area contributed by atoms with Crippen LogP contribution in [0.3, 0.4) is 0 Å². The number of hydrogen-bond acceptors (Lipinski definition) is 2. The second-order valence-corrected chi connectivity index (χ2v) is 1.05. The van der Waals surface area contributed by atoms with Crippen molar-refractivity contribution in [3.63, 3.8) is 0 Å². The molecule has 1 aromatic heterocycles. The predicted octanol–water partition coefficient (Wildman–Crippen LogP) is -1.77. The second kappa shape index (κ2) is 1.11. The molecular formula is C2H4N3O2+. The van der Waals surface area contributed by atoms with Gasteiger partial charge < -0.3 is 5.21 Å². The maximum absolute atomic E-state index is 10.0. The number of nitrogens with one attached hydrogen (secondary N) is 2. The summed E-state index contributed by atoms with van der Waals surface area (Å²) in [4.78, 5) is 10.0. The van der Waals surface area contributed by atoms with Gasteiger partial charge in [0, 0.05) is 4.73 Å². The molecule has 0 spiro atoms. The first-order valence-corrected chi connectivity index (χ1v) is 1.67. The lowest BCUT2D eigenvalue weighted by Gasteiger charge is -1.63. The lowest BCUT2D eigenvalue weighted by Crippen LogP contribution is -2.14. The van der Waals surface area contributed by atoms with Crippen LogP contribution in [0.4, 0.5) is 0 Å². The zero-order chi connectivity index (χ0) is 5.28. The van der Waals surface area contributed by atoms with Crippen LogP contribution in [0.5, 0.6) is 0 Å². The minimum Gasteiger partial charge on any atom is -0.346 e. The van der Waals surface area contributed by atoms with E-state index in [1.807, 2.05) is 0 Å². The Bertz CT molecular complexity index is 199. The van der Waals surface area contributed by atoms with E-state index in [2.05, 4.69) is 10.2 Å². The van der Waals surface area contributed by atoms with E-state index in [4.69, 9.17) is 5.21 Å². The van der Waals surface area contributed by atoms with Crippen LogP contribution in [-0.2, 0) is 0 Å². The molecule has 0 unspecified atom stereocenters. The molecule has 0 aliphatic heterocycles. The summed E-state index contributed by atoms with van der Waals surface area (Å²) in [6, 6.07) is 0. The van der Waals surface area contributed by atoms with Crippen molar-refractivity contribution in [1.82, 2.24) is 9.83 Å². The van der Waals surface area contributed by atoms with E-state index in [1.54, 1.807) is 0 Å². The molecule has 0 fully saturated rings. The topological polar surface area (TPSA) is 72.2 Å². The summed E-state index contributed by atoms with van der Waals surface area (Å²) in [6.07, 6.45) is 1.10. The molecule has 0 radical (unpaired) electrons. The molecule has 0 aliphatic carbocycles. The highest BCUT2D eigenvalue weighted by Crippen LogP contribution is 1.48. The minimum atomic E-state index is -0.569. The summed E-state index contributed by atoms with van der Waals surface area (Å²) in [6.45, 7) is 0. The van der Waals surface area contributed by atoms with Crippen molar-refractivity contribution in [2.45, 2.75) is 0 Å². The van der Waals surface area contributed by atoms with Gasteiger partial charge in [0.05, 0.1) is 0 Å². The van der Waals surface area contributed by atoms with Gasteiger partial charge in [0.25, 0.3) is 0 Å². The van der Waals surface area contributed by atoms with E-state index in [-0.39, 0.29) is 0 Å². The SMILES string of the molecule is O=c1[nH][nH+]cn1O. The fraction of sp³-hybridized carbons (Fsp3) is 0. The Hall–Kier alpha value is -1.26. The Balaban J connectivity index is 3.39. The van der Waals surface area contributed by atoms with E-state index < -0.39 is 5.69 Å². The highest BCUT2D eigenvalue weighted by Gasteiger charge is 1.95. The summed E-state index contributed by atoms with van der Waals surface area (Å²) in [5, 5.41) is 12.7. The first-order valence-electron chi connectivity index (χ1n) is 1.67. The van der Waals surface area contributed by atoms with Crippen LogP contribution in [0, 0.1) is 0 Å². The second-order valence-electron chi connectivity index (χ2n) is 1.05. The average Bonchev–Trinajstić information content (AvgIpc) is 1.91. The zero-order valence-corrected chi connectivity index (χ0v) is 3.38. The van der Waals surface area contributed by atoms with Crippen LogP contribution >= 0.6 is 0 Å². The predicted molar refractivity (Wildman–Crippen MR) is 18.8 cm³/mol. The molecule has 0 saturated carbocycles. The van der Waals surface area contributed by atoms with Gasteiger partial charge >= 0.3 is 12.0 Å². The first kappa shape index (κ1) is 3.91. The third-order valence-corrected chi connectivity index (χ3v) is 0.574. The van der Waals surface area contributed by atoms with Crippen LogP contribution in [0.1, 0.15) is 0 Å². The van der Waals surface area contributed by atoms with Crippen LogP contribution in [0.25, 0.3) is 0 Å². The molecule has 3 N–H and O–H groups in total. The normalized spacial score (nSPS) is 9.14. The summed E-state index contributed by atoms with van der Waals surface area (Å²) < 4.78 is 0.417. The first-order chi connectivity index (χ1) is 3.30. The summed E-state index contributed by atoms with van der Waals surface area (Å²) in [7, 11) is 0.